The number of aryl methyl sites for hydroxylation is 1. The summed E-state index contributed by atoms with van der Waals surface area (Å²) in [5.74, 6) is 1.40. The first-order valence-electron chi connectivity index (χ1n) is 13.7. The van der Waals surface area contributed by atoms with E-state index in [0.29, 0.717) is 18.5 Å². The van der Waals surface area contributed by atoms with Crippen LogP contribution >= 0.6 is 0 Å². The molecular formula is C30H36FN5O. The van der Waals surface area contributed by atoms with Crippen LogP contribution in [0.4, 0.5) is 10.2 Å². The number of carbonyl (C=O) groups is 1. The van der Waals surface area contributed by atoms with E-state index in [4.69, 9.17) is 5.10 Å². The average Bonchev–Trinajstić information content (AvgIpc) is 3.85. The molecule has 6 rings (SSSR count). The summed E-state index contributed by atoms with van der Waals surface area (Å²) in [6.45, 7) is 9.56. The average molecular weight is 502 g/mol. The van der Waals surface area contributed by atoms with Crippen LogP contribution in [0.15, 0.2) is 54.6 Å². The lowest BCUT2D eigenvalue weighted by Crippen LogP contribution is -2.47. The molecule has 1 unspecified atom stereocenters. The third kappa shape index (κ3) is 4.89. The Morgan fingerprint density at radius 3 is 2.49 bits per heavy atom. The van der Waals surface area contributed by atoms with Gasteiger partial charge in [-0.05, 0) is 62.4 Å². The Hall–Kier alpha value is -3.19. The fourth-order valence-corrected chi connectivity index (χ4v) is 5.81. The second kappa shape index (κ2) is 9.93. The Kier molecular flexibility index (Phi) is 6.49. The van der Waals surface area contributed by atoms with Gasteiger partial charge in [0, 0.05) is 43.7 Å². The number of rotatable bonds is 8. The molecule has 37 heavy (non-hydrogen) atoms. The van der Waals surface area contributed by atoms with E-state index < -0.39 is 0 Å². The van der Waals surface area contributed by atoms with Crippen molar-refractivity contribution in [1.29, 1.82) is 0 Å². The van der Waals surface area contributed by atoms with E-state index in [2.05, 4.69) is 45.9 Å². The molecule has 6 nitrogen and oxygen atoms in total. The van der Waals surface area contributed by atoms with Gasteiger partial charge in [-0.2, -0.15) is 5.10 Å². The van der Waals surface area contributed by atoms with Gasteiger partial charge in [0.2, 0.25) is 5.91 Å². The van der Waals surface area contributed by atoms with E-state index in [1.165, 1.54) is 11.6 Å². The zero-order valence-corrected chi connectivity index (χ0v) is 21.8. The molecule has 1 aliphatic heterocycles. The quantitative estimate of drug-likeness (QED) is 0.447. The lowest BCUT2D eigenvalue weighted by atomic mass is 10.1. The maximum Gasteiger partial charge on any atom is 0.226 e. The van der Waals surface area contributed by atoms with Crippen molar-refractivity contribution in [3.63, 3.8) is 0 Å². The third-order valence-corrected chi connectivity index (χ3v) is 8.26. The molecule has 2 heterocycles. The Bertz CT molecular complexity index is 1260. The topological polar surface area (TPSA) is 44.6 Å². The standard InChI is InChI=1S/C30H36FN5O/c1-3-33-14-16-34(17-15-33)29-28(21(2)32-36(29)25-11-7-10-23(31)18-25)20-35(24-12-13-24)30(37)27-19-26(27)22-8-5-4-6-9-22/h4-11,18,24,26-27H,3,12-17,19-20H2,1-2H3/t26-,27?/m0/s1. The second-order valence-corrected chi connectivity index (χ2v) is 10.8. The van der Waals surface area contributed by atoms with Crippen LogP contribution in [0.5, 0.6) is 0 Å². The molecule has 1 amide bonds. The van der Waals surface area contributed by atoms with Crippen LogP contribution in [0.25, 0.3) is 5.69 Å². The smallest absolute Gasteiger partial charge is 0.226 e. The first-order chi connectivity index (χ1) is 18.0. The van der Waals surface area contributed by atoms with Gasteiger partial charge in [-0.25, -0.2) is 9.07 Å². The number of amides is 1. The fraction of sp³-hybridized carbons (Fsp3) is 0.467. The van der Waals surface area contributed by atoms with Gasteiger partial charge in [0.1, 0.15) is 11.6 Å². The highest BCUT2D eigenvalue weighted by atomic mass is 19.1. The first kappa shape index (κ1) is 24.2. The Labute approximate surface area is 218 Å². The highest BCUT2D eigenvalue weighted by molar-refractivity contribution is 5.84. The number of piperazine rings is 1. The van der Waals surface area contributed by atoms with E-state index >= 15 is 0 Å². The van der Waals surface area contributed by atoms with E-state index in [0.717, 1.165) is 74.7 Å². The number of carbonyl (C=O) groups excluding carboxylic acids is 1. The van der Waals surface area contributed by atoms with Crippen molar-refractivity contribution in [2.45, 2.75) is 51.6 Å². The van der Waals surface area contributed by atoms with E-state index in [1.54, 1.807) is 12.1 Å². The van der Waals surface area contributed by atoms with Crippen molar-refractivity contribution >= 4 is 11.7 Å². The molecule has 1 aromatic heterocycles. The summed E-state index contributed by atoms with van der Waals surface area (Å²) < 4.78 is 16.1. The number of aromatic nitrogens is 2. The van der Waals surface area contributed by atoms with Gasteiger partial charge in [-0.1, -0.05) is 43.3 Å². The summed E-state index contributed by atoms with van der Waals surface area (Å²) in [5, 5.41) is 4.91. The molecule has 3 aromatic rings. The molecule has 2 atom stereocenters. The zero-order valence-electron chi connectivity index (χ0n) is 21.8. The van der Waals surface area contributed by atoms with Gasteiger partial charge in [0.15, 0.2) is 0 Å². The number of likely N-dealkylation sites (N-methyl/N-ethyl adjacent to an activating group) is 1. The van der Waals surface area contributed by atoms with Gasteiger partial charge < -0.3 is 14.7 Å². The lowest BCUT2D eigenvalue weighted by molar-refractivity contribution is -0.133. The molecule has 2 saturated carbocycles. The van der Waals surface area contributed by atoms with Crippen molar-refractivity contribution < 1.29 is 9.18 Å². The highest BCUT2D eigenvalue weighted by Crippen LogP contribution is 2.50. The molecule has 0 N–H and O–H groups in total. The summed E-state index contributed by atoms with van der Waals surface area (Å²) >= 11 is 0. The first-order valence-corrected chi connectivity index (χ1v) is 13.7. The van der Waals surface area contributed by atoms with Crippen LogP contribution in [-0.2, 0) is 11.3 Å². The maximum atomic E-state index is 14.2. The number of nitrogens with zero attached hydrogens (tertiary/aromatic N) is 5. The van der Waals surface area contributed by atoms with Gasteiger partial charge in [-0.3, -0.25) is 4.79 Å². The minimum atomic E-state index is -0.274. The van der Waals surface area contributed by atoms with Gasteiger partial charge in [0.25, 0.3) is 0 Å². The number of benzene rings is 2. The summed E-state index contributed by atoms with van der Waals surface area (Å²) in [5.41, 5.74) is 3.98. The molecule has 194 valence electrons. The largest absolute Gasteiger partial charge is 0.354 e. The van der Waals surface area contributed by atoms with Crippen LogP contribution in [-0.4, -0.2) is 64.3 Å². The van der Waals surface area contributed by atoms with Crippen molar-refractivity contribution in [2.24, 2.45) is 5.92 Å². The number of anilines is 1. The number of hydrogen-bond donors (Lipinski definition) is 0. The minimum absolute atomic E-state index is 0.0677. The third-order valence-electron chi connectivity index (χ3n) is 8.26. The molecule has 7 heteroatoms. The van der Waals surface area contributed by atoms with Crippen LogP contribution < -0.4 is 4.90 Å². The lowest BCUT2D eigenvalue weighted by Gasteiger charge is -2.36. The van der Waals surface area contributed by atoms with E-state index in [1.807, 2.05) is 23.7 Å². The molecule has 0 radical (unpaired) electrons. The van der Waals surface area contributed by atoms with Crippen LogP contribution in [0.2, 0.25) is 0 Å². The van der Waals surface area contributed by atoms with Crippen LogP contribution in [0.1, 0.15) is 48.9 Å². The zero-order chi connectivity index (χ0) is 25.5. The predicted octanol–water partition coefficient (Wildman–Crippen LogP) is 4.76. The van der Waals surface area contributed by atoms with Gasteiger partial charge in [0.05, 0.1) is 17.9 Å². The normalized spacial score (nSPS) is 21.8. The van der Waals surface area contributed by atoms with E-state index in [-0.39, 0.29) is 17.6 Å². The SMILES string of the molecule is CCN1CCN(c2c(CN(C(=O)C3C[C@H]3c3ccccc3)C3CC3)c(C)nn2-c2cccc(F)c2)CC1. The molecule has 2 aromatic carbocycles. The summed E-state index contributed by atoms with van der Waals surface area (Å²) in [4.78, 5) is 20.8. The Morgan fingerprint density at radius 1 is 1.05 bits per heavy atom. The summed E-state index contributed by atoms with van der Waals surface area (Å²) in [6.07, 6.45) is 3.06. The Balaban J connectivity index is 1.32. The van der Waals surface area contributed by atoms with Crippen LogP contribution in [0, 0.1) is 18.7 Å². The molecule has 1 saturated heterocycles. The summed E-state index contributed by atoms with van der Waals surface area (Å²) in [7, 11) is 0. The van der Waals surface area contributed by atoms with Gasteiger partial charge >= 0.3 is 0 Å². The molecule has 0 spiro atoms. The summed E-state index contributed by atoms with van der Waals surface area (Å²) in [6, 6.07) is 17.4. The van der Waals surface area contributed by atoms with Crippen LogP contribution in [0.3, 0.4) is 0 Å². The van der Waals surface area contributed by atoms with E-state index in [9.17, 15) is 9.18 Å². The monoisotopic (exact) mass is 501 g/mol. The molecule has 0 bridgehead atoms. The Morgan fingerprint density at radius 2 is 1.81 bits per heavy atom. The second-order valence-electron chi connectivity index (χ2n) is 10.8. The molecular weight excluding hydrogens is 465 g/mol. The van der Waals surface area contributed by atoms with Gasteiger partial charge in [-0.15, -0.1) is 0 Å². The highest BCUT2D eigenvalue weighted by Gasteiger charge is 2.48. The van der Waals surface area contributed by atoms with Crippen molar-refractivity contribution in [3.8, 4) is 5.69 Å². The maximum absolute atomic E-state index is 14.2. The van der Waals surface area contributed by atoms with Crippen molar-refractivity contribution in [1.82, 2.24) is 19.6 Å². The number of hydrogen-bond acceptors (Lipinski definition) is 4. The van der Waals surface area contributed by atoms with Crippen molar-refractivity contribution in [3.05, 3.63) is 77.2 Å². The molecule has 3 aliphatic rings. The predicted molar refractivity (Wildman–Crippen MR) is 143 cm³/mol. The fourth-order valence-electron chi connectivity index (χ4n) is 5.81. The number of halogens is 1. The molecule has 2 aliphatic carbocycles. The minimum Gasteiger partial charge on any atom is -0.354 e. The van der Waals surface area contributed by atoms with Crippen molar-refractivity contribution in [2.75, 3.05) is 37.6 Å². The molecule has 3 fully saturated rings.